The van der Waals surface area contributed by atoms with E-state index in [0.29, 0.717) is 42.1 Å². The zero-order valence-corrected chi connectivity index (χ0v) is 23.0. The molecule has 8 nitrogen and oxygen atoms in total. The van der Waals surface area contributed by atoms with Gasteiger partial charge < -0.3 is 28.6 Å². The first-order chi connectivity index (χ1) is 18.6. The summed E-state index contributed by atoms with van der Waals surface area (Å²) < 4.78 is 47.8. The third kappa shape index (κ3) is 4.98. The van der Waals surface area contributed by atoms with Gasteiger partial charge in [-0.25, -0.2) is 9.37 Å². The molecule has 1 unspecified atom stereocenters. The fraction of sp³-hybridized carbons (Fsp3) is 0.552. The molecule has 6 rings (SSSR count). The minimum atomic E-state index is -0.487. The van der Waals surface area contributed by atoms with Crippen LogP contribution in [0.3, 0.4) is 0 Å². The lowest BCUT2D eigenvalue weighted by atomic mass is 9.79. The summed E-state index contributed by atoms with van der Waals surface area (Å²) in [6.07, 6.45) is 2.72. The molecule has 5 heterocycles. The first-order valence-electron chi connectivity index (χ1n) is 13.8. The minimum absolute atomic E-state index is 0.0436. The number of pyridine rings is 1. The zero-order valence-electron chi connectivity index (χ0n) is 23.0. The molecule has 3 aromatic rings. The van der Waals surface area contributed by atoms with Crippen LogP contribution < -0.4 is 10.2 Å². The van der Waals surface area contributed by atoms with Gasteiger partial charge in [0.05, 0.1) is 41.6 Å². The van der Waals surface area contributed by atoms with E-state index in [1.165, 1.54) is 6.07 Å². The smallest absolute Gasteiger partial charge is 0.473 e. The standard InChI is InChI=1S/C29H36BFN2O6/c1-28(2)29(3,4)39-30(38-28)19-10-8-18(9-11-19)27-22(31)14-24-23(32-27)15-26(33(24)25-7-5-6-12-35-25)37-21-13-20(16-34)36-17-21/h8-11,14-15,20-21,25,34H,5-7,12-13,16-17H2,1-4H3/t20-,21-,25?/m0/s1. The number of hydrogen-bond acceptors (Lipinski definition) is 7. The van der Waals surface area contributed by atoms with E-state index in [9.17, 15) is 5.11 Å². The molecule has 0 bridgehead atoms. The number of rotatable bonds is 6. The topological polar surface area (TPSA) is 84.2 Å². The molecule has 0 aliphatic carbocycles. The second-order valence-electron chi connectivity index (χ2n) is 11.7. The fourth-order valence-corrected chi connectivity index (χ4v) is 5.45. The second-order valence-corrected chi connectivity index (χ2v) is 11.7. The highest BCUT2D eigenvalue weighted by molar-refractivity contribution is 6.62. The fourth-order valence-electron chi connectivity index (χ4n) is 5.45. The van der Waals surface area contributed by atoms with Crippen LogP contribution in [0.15, 0.2) is 36.4 Å². The predicted molar refractivity (Wildman–Crippen MR) is 146 cm³/mol. The summed E-state index contributed by atoms with van der Waals surface area (Å²) in [6.45, 7) is 9.06. The van der Waals surface area contributed by atoms with Crippen molar-refractivity contribution < 1.29 is 33.0 Å². The molecule has 208 valence electrons. The molecular formula is C29H36BFN2O6. The van der Waals surface area contributed by atoms with Crippen LogP contribution in [0.25, 0.3) is 22.3 Å². The molecule has 0 saturated carbocycles. The van der Waals surface area contributed by atoms with Crippen LogP contribution >= 0.6 is 0 Å². The molecule has 2 aromatic heterocycles. The van der Waals surface area contributed by atoms with Crippen LogP contribution in [0.1, 0.15) is 59.6 Å². The van der Waals surface area contributed by atoms with Crippen LogP contribution in [-0.2, 0) is 18.8 Å². The highest BCUT2D eigenvalue weighted by Gasteiger charge is 2.51. The number of aromatic nitrogens is 2. The van der Waals surface area contributed by atoms with Crippen molar-refractivity contribution in [3.63, 3.8) is 0 Å². The Labute approximate surface area is 228 Å². The number of benzene rings is 1. The molecule has 39 heavy (non-hydrogen) atoms. The van der Waals surface area contributed by atoms with Gasteiger partial charge in [-0.3, -0.25) is 4.57 Å². The normalized spacial score (nSPS) is 26.4. The summed E-state index contributed by atoms with van der Waals surface area (Å²) in [4.78, 5) is 4.74. The molecule has 3 atom stereocenters. The van der Waals surface area contributed by atoms with E-state index in [2.05, 4.69) is 0 Å². The minimum Gasteiger partial charge on any atom is -0.473 e. The molecule has 0 spiro atoms. The Kier molecular flexibility index (Phi) is 6.96. The van der Waals surface area contributed by atoms with Gasteiger partial charge in [-0.15, -0.1) is 0 Å². The number of aliphatic hydroxyl groups excluding tert-OH is 1. The van der Waals surface area contributed by atoms with Crippen molar-refractivity contribution in [1.82, 2.24) is 9.55 Å². The lowest BCUT2D eigenvalue weighted by Crippen LogP contribution is -2.41. The Hall–Kier alpha value is -2.50. The van der Waals surface area contributed by atoms with Gasteiger partial charge in [-0.1, -0.05) is 24.3 Å². The monoisotopic (exact) mass is 538 g/mol. The largest absolute Gasteiger partial charge is 0.494 e. The molecular weight excluding hydrogens is 502 g/mol. The second kappa shape index (κ2) is 10.2. The number of aliphatic hydroxyl groups is 1. The highest BCUT2D eigenvalue weighted by atomic mass is 19.1. The van der Waals surface area contributed by atoms with Crippen molar-refractivity contribution in [1.29, 1.82) is 0 Å². The van der Waals surface area contributed by atoms with Crippen LogP contribution in [0, 0.1) is 5.82 Å². The third-order valence-electron chi connectivity index (χ3n) is 8.43. The molecule has 3 aliphatic heterocycles. The van der Waals surface area contributed by atoms with E-state index in [-0.39, 0.29) is 30.7 Å². The SMILES string of the molecule is CC1(C)OB(c2ccc(-c3nc4cc(O[C@@H]5CO[C@H](CO)C5)n(C5CCCCO5)c4cc3F)cc2)OC1(C)C. The average molecular weight is 538 g/mol. The maximum absolute atomic E-state index is 15.6. The van der Waals surface area contributed by atoms with Gasteiger partial charge in [-0.2, -0.15) is 0 Å². The maximum Gasteiger partial charge on any atom is 0.494 e. The Bertz CT molecular complexity index is 1320. The third-order valence-corrected chi connectivity index (χ3v) is 8.43. The van der Waals surface area contributed by atoms with E-state index < -0.39 is 24.1 Å². The first kappa shape index (κ1) is 26.7. The van der Waals surface area contributed by atoms with Crippen LogP contribution in [0.4, 0.5) is 4.39 Å². The lowest BCUT2D eigenvalue weighted by Gasteiger charge is -2.32. The Morgan fingerprint density at radius 2 is 1.82 bits per heavy atom. The van der Waals surface area contributed by atoms with E-state index in [0.717, 1.165) is 24.7 Å². The Balaban J connectivity index is 1.32. The van der Waals surface area contributed by atoms with Gasteiger partial charge >= 0.3 is 7.12 Å². The van der Waals surface area contributed by atoms with Crippen molar-refractivity contribution in [2.45, 2.75) is 83.0 Å². The van der Waals surface area contributed by atoms with Crippen molar-refractivity contribution in [3.05, 3.63) is 42.2 Å². The average Bonchev–Trinajstić information content (AvgIpc) is 3.57. The van der Waals surface area contributed by atoms with Crippen LogP contribution in [0.5, 0.6) is 5.88 Å². The summed E-state index contributed by atoms with van der Waals surface area (Å²) in [5.74, 6) is 0.154. The zero-order chi connectivity index (χ0) is 27.4. The summed E-state index contributed by atoms with van der Waals surface area (Å²) in [7, 11) is -0.487. The molecule has 0 radical (unpaired) electrons. The van der Waals surface area contributed by atoms with Gasteiger partial charge in [0, 0.05) is 30.7 Å². The highest BCUT2D eigenvalue weighted by Crippen LogP contribution is 2.38. The number of hydrogen-bond donors (Lipinski definition) is 1. The summed E-state index contributed by atoms with van der Waals surface area (Å²) in [6, 6.07) is 10.9. The summed E-state index contributed by atoms with van der Waals surface area (Å²) >= 11 is 0. The summed E-state index contributed by atoms with van der Waals surface area (Å²) in [5.41, 5.74) is 2.18. The molecule has 10 heteroatoms. The van der Waals surface area contributed by atoms with Gasteiger partial charge in [0.25, 0.3) is 0 Å². The number of nitrogens with zero attached hydrogens (tertiary/aromatic N) is 2. The number of halogens is 1. The molecule has 3 saturated heterocycles. The number of fused-ring (bicyclic) bond motifs is 1. The van der Waals surface area contributed by atoms with Crippen LogP contribution in [0.2, 0.25) is 0 Å². The lowest BCUT2D eigenvalue weighted by molar-refractivity contribution is -0.0350. The van der Waals surface area contributed by atoms with Crippen molar-refractivity contribution in [3.8, 4) is 17.1 Å². The Morgan fingerprint density at radius 3 is 2.46 bits per heavy atom. The first-order valence-corrected chi connectivity index (χ1v) is 13.8. The van der Waals surface area contributed by atoms with Gasteiger partial charge in [0.1, 0.15) is 18.0 Å². The van der Waals surface area contributed by atoms with Gasteiger partial charge in [-0.05, 0) is 52.4 Å². The van der Waals surface area contributed by atoms with E-state index in [1.54, 1.807) is 0 Å². The van der Waals surface area contributed by atoms with Gasteiger partial charge in [0.2, 0.25) is 0 Å². The van der Waals surface area contributed by atoms with Crippen LogP contribution in [-0.4, -0.2) is 65.0 Å². The van der Waals surface area contributed by atoms with Crippen molar-refractivity contribution >= 4 is 23.6 Å². The predicted octanol–water partition coefficient (Wildman–Crippen LogP) is 4.37. The quantitative estimate of drug-likeness (QED) is 0.467. The van der Waals surface area contributed by atoms with Gasteiger partial charge in [0.15, 0.2) is 11.7 Å². The van der Waals surface area contributed by atoms with E-state index in [4.69, 9.17) is 28.5 Å². The maximum atomic E-state index is 15.6. The molecule has 3 aliphatic rings. The van der Waals surface area contributed by atoms with Crippen molar-refractivity contribution in [2.75, 3.05) is 19.8 Å². The summed E-state index contributed by atoms with van der Waals surface area (Å²) in [5, 5.41) is 9.45. The van der Waals surface area contributed by atoms with E-state index in [1.807, 2.05) is 62.6 Å². The molecule has 0 amide bonds. The molecule has 3 fully saturated rings. The number of ether oxygens (including phenoxy) is 3. The molecule has 1 aromatic carbocycles. The molecule has 1 N–H and O–H groups in total. The van der Waals surface area contributed by atoms with E-state index >= 15 is 4.39 Å². The Morgan fingerprint density at radius 1 is 1.08 bits per heavy atom. The van der Waals surface area contributed by atoms with Crippen molar-refractivity contribution in [2.24, 2.45) is 0 Å².